The lowest BCUT2D eigenvalue weighted by molar-refractivity contribution is 0.282. The summed E-state index contributed by atoms with van der Waals surface area (Å²) >= 11 is 0. The van der Waals surface area contributed by atoms with Crippen LogP contribution in [-0.4, -0.2) is 23.2 Å². The molecule has 0 fully saturated rings. The van der Waals surface area contributed by atoms with Gasteiger partial charge in [0.15, 0.2) is 0 Å². The van der Waals surface area contributed by atoms with E-state index in [9.17, 15) is 0 Å². The fourth-order valence-corrected chi connectivity index (χ4v) is 1.53. The highest BCUT2D eigenvalue weighted by molar-refractivity contribution is 5.04. The monoisotopic (exact) mass is 226 g/mol. The van der Waals surface area contributed by atoms with Gasteiger partial charge in [-0.1, -0.05) is 12.8 Å². The van der Waals surface area contributed by atoms with Crippen LogP contribution >= 0.6 is 0 Å². The van der Waals surface area contributed by atoms with Crippen molar-refractivity contribution in [1.29, 1.82) is 0 Å². The maximum atomic E-state index is 8.61. The minimum atomic E-state index is 0.308. The van der Waals surface area contributed by atoms with Crippen LogP contribution in [0.25, 0.3) is 0 Å². The zero-order chi connectivity index (χ0) is 11.8. The molecule has 16 heavy (non-hydrogen) atoms. The smallest absolute Gasteiger partial charge is 0.208 e. The van der Waals surface area contributed by atoms with Gasteiger partial charge in [0.1, 0.15) is 5.76 Å². The first kappa shape index (κ1) is 13.2. The third-order valence-electron chi connectivity index (χ3n) is 2.61. The van der Waals surface area contributed by atoms with Crippen LogP contribution in [0.4, 0.5) is 0 Å². The van der Waals surface area contributed by atoms with E-state index in [-0.39, 0.29) is 0 Å². The number of nitrogens with zero attached hydrogens (tertiary/aromatic N) is 1. The summed E-state index contributed by atoms with van der Waals surface area (Å²) < 4.78 is 5.45. The van der Waals surface area contributed by atoms with Gasteiger partial charge in [0.25, 0.3) is 0 Å². The number of hydrogen-bond acceptors (Lipinski definition) is 4. The predicted octanol–water partition coefficient (Wildman–Crippen LogP) is 1.93. The molecule has 0 aromatic carbocycles. The topological polar surface area (TPSA) is 58.3 Å². The summed E-state index contributed by atoms with van der Waals surface area (Å²) in [6, 6.07) is 0. The highest BCUT2D eigenvalue weighted by Gasteiger charge is 2.03. The molecule has 4 nitrogen and oxygen atoms in total. The van der Waals surface area contributed by atoms with Crippen LogP contribution in [0.1, 0.15) is 43.0 Å². The number of aromatic nitrogens is 1. The summed E-state index contributed by atoms with van der Waals surface area (Å²) in [6.45, 7) is 5.88. The number of nitrogens with one attached hydrogen (secondary N) is 1. The average molecular weight is 226 g/mol. The van der Waals surface area contributed by atoms with Crippen molar-refractivity contribution in [1.82, 2.24) is 10.3 Å². The van der Waals surface area contributed by atoms with Gasteiger partial charge in [-0.15, -0.1) is 0 Å². The Labute approximate surface area is 97.1 Å². The molecule has 0 bridgehead atoms. The van der Waals surface area contributed by atoms with Crippen LogP contribution in [0.3, 0.4) is 0 Å². The molecule has 0 radical (unpaired) electrons. The third-order valence-corrected chi connectivity index (χ3v) is 2.61. The van der Waals surface area contributed by atoms with Crippen molar-refractivity contribution >= 4 is 0 Å². The minimum absolute atomic E-state index is 0.308. The van der Waals surface area contributed by atoms with Gasteiger partial charge in [-0.2, -0.15) is 0 Å². The zero-order valence-corrected chi connectivity index (χ0v) is 10.3. The Morgan fingerprint density at radius 3 is 2.56 bits per heavy atom. The van der Waals surface area contributed by atoms with E-state index in [4.69, 9.17) is 9.52 Å². The summed E-state index contributed by atoms with van der Waals surface area (Å²) in [5.41, 5.74) is 0.972. The Kier molecular flexibility index (Phi) is 6.11. The van der Waals surface area contributed by atoms with Gasteiger partial charge in [-0.3, -0.25) is 0 Å². The molecule has 0 saturated carbocycles. The molecule has 0 unspecified atom stereocenters. The van der Waals surface area contributed by atoms with E-state index >= 15 is 0 Å². The van der Waals surface area contributed by atoms with E-state index in [0.29, 0.717) is 13.2 Å². The van der Waals surface area contributed by atoms with Crippen LogP contribution in [0.15, 0.2) is 4.42 Å². The van der Waals surface area contributed by atoms with E-state index in [1.165, 1.54) is 0 Å². The highest BCUT2D eigenvalue weighted by atomic mass is 16.4. The summed E-state index contributed by atoms with van der Waals surface area (Å²) in [7, 11) is 0. The number of oxazole rings is 1. The SMILES string of the molecule is Cc1nc(CNCCCCCCO)oc1C. The quantitative estimate of drug-likeness (QED) is 0.665. The van der Waals surface area contributed by atoms with Gasteiger partial charge in [0, 0.05) is 6.61 Å². The Balaban J connectivity index is 2.03. The highest BCUT2D eigenvalue weighted by Crippen LogP contribution is 2.07. The third kappa shape index (κ3) is 4.77. The lowest BCUT2D eigenvalue weighted by atomic mass is 10.2. The predicted molar refractivity (Wildman–Crippen MR) is 63.2 cm³/mol. The molecule has 2 N–H and O–H groups in total. The van der Waals surface area contributed by atoms with Gasteiger partial charge in [0.05, 0.1) is 12.2 Å². The van der Waals surface area contributed by atoms with Crippen molar-refractivity contribution in [3.8, 4) is 0 Å². The molecule has 1 aromatic rings. The van der Waals surface area contributed by atoms with E-state index in [1.807, 2.05) is 13.8 Å². The van der Waals surface area contributed by atoms with E-state index in [2.05, 4.69) is 10.3 Å². The molecular weight excluding hydrogens is 204 g/mol. The van der Waals surface area contributed by atoms with Gasteiger partial charge in [-0.05, 0) is 33.2 Å². The molecule has 1 aromatic heterocycles. The largest absolute Gasteiger partial charge is 0.444 e. The van der Waals surface area contributed by atoms with Crippen LogP contribution in [-0.2, 0) is 6.54 Å². The molecule has 0 aliphatic rings. The van der Waals surface area contributed by atoms with Crippen molar-refractivity contribution < 1.29 is 9.52 Å². The molecule has 0 aliphatic carbocycles. The summed E-state index contributed by atoms with van der Waals surface area (Å²) in [6.07, 6.45) is 4.32. The Bertz CT molecular complexity index is 278. The lowest BCUT2D eigenvalue weighted by Crippen LogP contribution is -2.14. The van der Waals surface area contributed by atoms with E-state index in [1.54, 1.807) is 0 Å². The van der Waals surface area contributed by atoms with Gasteiger partial charge in [0.2, 0.25) is 5.89 Å². The number of unbranched alkanes of at least 4 members (excludes halogenated alkanes) is 3. The molecule has 4 heteroatoms. The number of aryl methyl sites for hydroxylation is 2. The lowest BCUT2D eigenvalue weighted by Gasteiger charge is -2.01. The first-order valence-corrected chi connectivity index (χ1v) is 5.98. The van der Waals surface area contributed by atoms with Crippen LogP contribution in [0, 0.1) is 13.8 Å². The first-order chi connectivity index (χ1) is 7.74. The Morgan fingerprint density at radius 1 is 1.19 bits per heavy atom. The van der Waals surface area contributed by atoms with Crippen molar-refractivity contribution in [3.05, 3.63) is 17.3 Å². The molecule has 0 aliphatic heterocycles. The van der Waals surface area contributed by atoms with E-state index in [0.717, 1.165) is 49.6 Å². The molecule has 0 amide bonds. The molecule has 92 valence electrons. The van der Waals surface area contributed by atoms with Crippen LogP contribution in [0.5, 0.6) is 0 Å². The number of rotatable bonds is 8. The number of hydrogen-bond donors (Lipinski definition) is 2. The van der Waals surface area contributed by atoms with Gasteiger partial charge < -0.3 is 14.8 Å². The summed E-state index contributed by atoms with van der Waals surface area (Å²) in [5.74, 6) is 1.67. The molecular formula is C12H22N2O2. The first-order valence-electron chi connectivity index (χ1n) is 5.98. The standard InChI is InChI=1S/C12H22N2O2/c1-10-11(2)16-12(14-10)9-13-7-5-3-4-6-8-15/h13,15H,3-9H2,1-2H3. The molecule has 0 saturated heterocycles. The van der Waals surface area contributed by atoms with Crippen molar-refractivity contribution in [2.45, 2.75) is 46.1 Å². The van der Waals surface area contributed by atoms with Crippen LogP contribution < -0.4 is 5.32 Å². The van der Waals surface area contributed by atoms with Gasteiger partial charge >= 0.3 is 0 Å². The summed E-state index contributed by atoms with van der Waals surface area (Å²) in [5, 5.41) is 11.9. The maximum Gasteiger partial charge on any atom is 0.208 e. The average Bonchev–Trinajstić information content (AvgIpc) is 2.57. The number of aliphatic hydroxyl groups is 1. The second-order valence-corrected chi connectivity index (χ2v) is 4.06. The van der Waals surface area contributed by atoms with Crippen LogP contribution in [0.2, 0.25) is 0 Å². The molecule has 0 spiro atoms. The molecule has 1 rings (SSSR count). The summed E-state index contributed by atoms with van der Waals surface area (Å²) in [4.78, 5) is 4.30. The fourth-order valence-electron chi connectivity index (χ4n) is 1.53. The molecule has 0 atom stereocenters. The number of aliphatic hydroxyl groups excluding tert-OH is 1. The Hall–Kier alpha value is -0.870. The van der Waals surface area contributed by atoms with Crippen molar-refractivity contribution in [2.75, 3.05) is 13.2 Å². The van der Waals surface area contributed by atoms with Gasteiger partial charge in [-0.25, -0.2) is 4.98 Å². The second-order valence-electron chi connectivity index (χ2n) is 4.06. The normalized spacial score (nSPS) is 10.9. The fraction of sp³-hybridized carbons (Fsp3) is 0.750. The zero-order valence-electron chi connectivity index (χ0n) is 10.3. The van der Waals surface area contributed by atoms with Crippen molar-refractivity contribution in [2.24, 2.45) is 0 Å². The maximum absolute atomic E-state index is 8.61. The second kappa shape index (κ2) is 7.41. The van der Waals surface area contributed by atoms with Crippen molar-refractivity contribution in [3.63, 3.8) is 0 Å². The Morgan fingerprint density at radius 2 is 1.94 bits per heavy atom. The molecule has 1 heterocycles. The minimum Gasteiger partial charge on any atom is -0.444 e. The van der Waals surface area contributed by atoms with E-state index < -0.39 is 0 Å².